The summed E-state index contributed by atoms with van der Waals surface area (Å²) >= 11 is 0. The van der Waals surface area contributed by atoms with Crippen molar-refractivity contribution in [1.82, 2.24) is 0 Å². The summed E-state index contributed by atoms with van der Waals surface area (Å²) in [5.74, 6) is 0. The van der Waals surface area contributed by atoms with E-state index in [4.69, 9.17) is 0 Å². The van der Waals surface area contributed by atoms with Crippen LogP contribution in [0.2, 0.25) is 0 Å². The summed E-state index contributed by atoms with van der Waals surface area (Å²) in [6, 6.07) is 110. The zero-order chi connectivity index (χ0) is 49.0. The van der Waals surface area contributed by atoms with E-state index in [9.17, 15) is 0 Å². The lowest BCUT2D eigenvalue weighted by Crippen LogP contribution is -2.28. The molecule has 13 aromatic carbocycles. The number of hydrogen-bond donors (Lipinski definition) is 0. The van der Waals surface area contributed by atoms with Crippen molar-refractivity contribution in [2.75, 3.05) is 4.90 Å². The van der Waals surface area contributed by atoms with E-state index in [1.54, 1.807) is 0 Å². The number of anilines is 3. The van der Waals surface area contributed by atoms with Gasteiger partial charge in [0.2, 0.25) is 0 Å². The lowest BCUT2D eigenvalue weighted by molar-refractivity contribution is 0.768. The number of fused-ring (bicyclic) bond motifs is 7. The van der Waals surface area contributed by atoms with Crippen molar-refractivity contribution >= 4 is 49.4 Å². The highest BCUT2D eigenvalue weighted by Crippen LogP contribution is 2.60. The van der Waals surface area contributed by atoms with Crippen molar-refractivity contribution in [3.63, 3.8) is 0 Å². The Morgan fingerprint density at radius 3 is 1.42 bits per heavy atom. The molecule has 0 saturated carbocycles. The van der Waals surface area contributed by atoms with E-state index in [-0.39, 0.29) is 0 Å². The lowest BCUT2D eigenvalue weighted by atomic mass is 9.68. The van der Waals surface area contributed by atoms with Crippen LogP contribution in [0, 0.1) is 0 Å². The van der Waals surface area contributed by atoms with Gasteiger partial charge in [0.05, 0.1) is 16.8 Å². The Balaban J connectivity index is 1.05. The molecule has 1 nitrogen and oxygen atoms in total. The SMILES string of the molecule is c1ccc(-c2ccc3cc(N(c4ccccc4-c4ccc5c(c4)c(-c4ccccc4)c(-c4ccccc4)c4ccccc45)c4cccc5c4-c4ccccc4C5(c4ccccc4)c4ccccc4)ccc3c2)cc1. The molecule has 0 heterocycles. The quantitative estimate of drug-likeness (QED) is 0.130. The van der Waals surface area contributed by atoms with Gasteiger partial charge in [-0.1, -0.05) is 261 Å². The summed E-state index contributed by atoms with van der Waals surface area (Å²) in [5.41, 5.74) is 19.8. The van der Waals surface area contributed by atoms with E-state index < -0.39 is 5.41 Å². The minimum Gasteiger partial charge on any atom is -0.309 e. The van der Waals surface area contributed by atoms with Crippen LogP contribution in [0.1, 0.15) is 22.3 Å². The maximum Gasteiger partial charge on any atom is 0.0714 e. The van der Waals surface area contributed by atoms with Crippen LogP contribution >= 0.6 is 0 Å². The van der Waals surface area contributed by atoms with Crippen LogP contribution in [-0.4, -0.2) is 0 Å². The van der Waals surface area contributed by atoms with Crippen molar-refractivity contribution in [3.05, 3.63) is 320 Å². The first-order valence-corrected chi connectivity index (χ1v) is 25.7. The molecule has 74 heavy (non-hydrogen) atoms. The van der Waals surface area contributed by atoms with Crippen molar-refractivity contribution in [2.45, 2.75) is 5.41 Å². The van der Waals surface area contributed by atoms with Crippen LogP contribution in [0.3, 0.4) is 0 Å². The second kappa shape index (κ2) is 17.9. The highest BCUT2D eigenvalue weighted by molar-refractivity contribution is 6.22. The highest BCUT2D eigenvalue weighted by Gasteiger charge is 2.47. The molecule has 0 aromatic heterocycles. The molecule has 1 heteroatoms. The van der Waals surface area contributed by atoms with Crippen LogP contribution in [0.5, 0.6) is 0 Å². The maximum absolute atomic E-state index is 2.54. The van der Waals surface area contributed by atoms with Gasteiger partial charge in [-0.15, -0.1) is 0 Å². The average Bonchev–Trinajstić information content (AvgIpc) is 3.81. The monoisotopic (exact) mass is 939 g/mol. The minimum absolute atomic E-state index is 0.557. The highest BCUT2D eigenvalue weighted by atomic mass is 15.1. The van der Waals surface area contributed by atoms with Crippen molar-refractivity contribution in [3.8, 4) is 55.6 Å². The molecule has 0 atom stereocenters. The van der Waals surface area contributed by atoms with Crippen molar-refractivity contribution < 1.29 is 0 Å². The minimum atomic E-state index is -0.557. The zero-order valence-corrected chi connectivity index (χ0v) is 40.7. The topological polar surface area (TPSA) is 3.24 Å². The molecule has 0 fully saturated rings. The number of para-hydroxylation sites is 1. The molecule has 1 aliphatic rings. The number of benzene rings is 13. The third kappa shape index (κ3) is 6.93. The average molecular weight is 940 g/mol. The fourth-order valence-corrected chi connectivity index (χ4v) is 12.3. The lowest BCUT2D eigenvalue weighted by Gasteiger charge is -2.34. The van der Waals surface area contributed by atoms with Gasteiger partial charge in [-0.25, -0.2) is 0 Å². The van der Waals surface area contributed by atoms with Gasteiger partial charge < -0.3 is 4.90 Å². The summed E-state index contributed by atoms with van der Waals surface area (Å²) in [4.78, 5) is 2.54. The van der Waals surface area contributed by atoms with Gasteiger partial charge >= 0.3 is 0 Å². The summed E-state index contributed by atoms with van der Waals surface area (Å²) in [6.45, 7) is 0. The third-order valence-electron chi connectivity index (χ3n) is 15.5. The smallest absolute Gasteiger partial charge is 0.0714 e. The summed E-state index contributed by atoms with van der Waals surface area (Å²) < 4.78 is 0. The van der Waals surface area contributed by atoms with Crippen LogP contribution in [-0.2, 0) is 5.41 Å². The molecule has 0 spiro atoms. The van der Waals surface area contributed by atoms with E-state index in [1.807, 2.05) is 0 Å². The Morgan fingerprint density at radius 2 is 0.730 bits per heavy atom. The van der Waals surface area contributed by atoms with Crippen LogP contribution in [0.25, 0.3) is 88.0 Å². The number of nitrogens with zero attached hydrogens (tertiary/aromatic N) is 1. The fourth-order valence-electron chi connectivity index (χ4n) is 12.3. The van der Waals surface area contributed by atoms with E-state index in [0.717, 1.165) is 28.2 Å². The van der Waals surface area contributed by atoms with E-state index in [0.29, 0.717) is 0 Å². The molecule has 13 aromatic rings. The first-order chi connectivity index (χ1) is 36.7. The van der Waals surface area contributed by atoms with Crippen molar-refractivity contribution in [2.24, 2.45) is 0 Å². The van der Waals surface area contributed by atoms with Crippen LogP contribution in [0.4, 0.5) is 17.1 Å². The van der Waals surface area contributed by atoms with Gasteiger partial charge in [-0.2, -0.15) is 0 Å². The molecule has 0 saturated heterocycles. The fraction of sp³-hybridized carbons (Fsp3) is 0.0137. The van der Waals surface area contributed by atoms with E-state index in [1.165, 1.54) is 99.1 Å². The Bertz CT molecular complexity index is 4180. The largest absolute Gasteiger partial charge is 0.309 e. The molecule has 0 N–H and O–H groups in total. The first kappa shape index (κ1) is 43.2. The number of hydrogen-bond acceptors (Lipinski definition) is 1. The normalized spacial score (nSPS) is 12.4. The predicted octanol–water partition coefficient (Wildman–Crippen LogP) is 19.6. The Hall–Kier alpha value is -9.56. The van der Waals surface area contributed by atoms with Gasteiger partial charge in [0.15, 0.2) is 0 Å². The predicted molar refractivity (Wildman–Crippen MR) is 313 cm³/mol. The first-order valence-electron chi connectivity index (χ1n) is 25.7. The third-order valence-corrected chi connectivity index (χ3v) is 15.5. The second-order valence-corrected chi connectivity index (χ2v) is 19.5. The summed E-state index contributed by atoms with van der Waals surface area (Å²) in [6.07, 6.45) is 0. The van der Waals surface area contributed by atoms with Crippen molar-refractivity contribution in [1.29, 1.82) is 0 Å². The molecule has 0 unspecified atom stereocenters. The van der Waals surface area contributed by atoms with Gasteiger partial charge in [0.1, 0.15) is 0 Å². The zero-order valence-electron chi connectivity index (χ0n) is 40.7. The van der Waals surface area contributed by atoms with Crippen LogP contribution < -0.4 is 4.90 Å². The van der Waals surface area contributed by atoms with Gasteiger partial charge in [-0.05, 0) is 135 Å². The van der Waals surface area contributed by atoms with Crippen LogP contribution in [0.15, 0.2) is 297 Å². The summed E-state index contributed by atoms with van der Waals surface area (Å²) in [7, 11) is 0. The summed E-state index contributed by atoms with van der Waals surface area (Å²) in [5, 5.41) is 7.32. The molecule has 0 aliphatic heterocycles. The van der Waals surface area contributed by atoms with Gasteiger partial charge in [0.25, 0.3) is 0 Å². The van der Waals surface area contributed by atoms with E-state index >= 15 is 0 Å². The molecule has 14 rings (SSSR count). The van der Waals surface area contributed by atoms with Gasteiger partial charge in [-0.3, -0.25) is 0 Å². The molecular weight excluding hydrogens is 891 g/mol. The Morgan fingerprint density at radius 1 is 0.243 bits per heavy atom. The molecule has 0 radical (unpaired) electrons. The molecule has 1 aliphatic carbocycles. The second-order valence-electron chi connectivity index (χ2n) is 19.5. The number of rotatable bonds is 9. The van der Waals surface area contributed by atoms with E-state index in [2.05, 4.69) is 302 Å². The van der Waals surface area contributed by atoms with Gasteiger partial charge in [0, 0.05) is 16.8 Å². The molecule has 346 valence electrons. The molecular formula is C73H49N. The molecule has 0 amide bonds. The molecule has 0 bridgehead atoms. The standard InChI is InChI=1S/C73H49N/c1-6-23-50(24-7-1)53-41-42-55-48-59(45-43-54(55)47-53)74(69-40-22-38-67-72(69)64-36-18-20-37-66(64)73(67,57-29-12-4-13-30-57)58-31-14-5-15-32-58)68-39-21-19-33-60(68)56-44-46-62-61-34-16-17-35-63(61)70(51-25-8-2-9-26-51)71(65(62)49-56)52-27-10-3-11-28-52/h1-49H. The Kier molecular flexibility index (Phi) is 10.5. The Labute approximate surface area is 432 Å². The maximum atomic E-state index is 2.54.